The fraction of sp³-hybridized carbons (Fsp3) is 0.231. The Morgan fingerprint density at radius 3 is 2.67 bits per heavy atom. The first-order valence-corrected chi connectivity index (χ1v) is 7.91. The first kappa shape index (κ1) is 13.2. The summed E-state index contributed by atoms with van der Waals surface area (Å²) in [7, 11) is 1.79. The fourth-order valence-electron chi connectivity index (χ4n) is 2.22. The predicted molar refractivity (Wildman–Crippen MR) is 74.5 cm³/mol. The van der Waals surface area contributed by atoms with Gasteiger partial charge in [0, 0.05) is 33.8 Å². The molecule has 0 bridgehead atoms. The van der Waals surface area contributed by atoms with Crippen molar-refractivity contribution in [3.63, 3.8) is 0 Å². The van der Waals surface area contributed by atoms with Gasteiger partial charge >= 0.3 is 0 Å². The van der Waals surface area contributed by atoms with E-state index in [2.05, 4.69) is 6.58 Å². The van der Waals surface area contributed by atoms with Crippen LogP contribution in [0.5, 0.6) is 0 Å². The standard InChI is InChI=1S/C13H14ClNO2S/c1-3-4-9-15-10(2)13(18(14,16)17)11-7-5-6-8-12(11)15/h3,5-8H,1,4,9H2,2H3. The van der Waals surface area contributed by atoms with E-state index >= 15 is 0 Å². The first-order chi connectivity index (χ1) is 8.46. The van der Waals surface area contributed by atoms with Crippen LogP contribution < -0.4 is 0 Å². The molecule has 0 saturated carbocycles. The lowest BCUT2D eigenvalue weighted by atomic mass is 10.2. The van der Waals surface area contributed by atoms with Crippen molar-refractivity contribution in [1.82, 2.24) is 4.57 Å². The number of nitrogens with zero attached hydrogens (tertiary/aromatic N) is 1. The van der Waals surface area contributed by atoms with Gasteiger partial charge in [0.1, 0.15) is 4.90 Å². The molecular weight excluding hydrogens is 270 g/mol. The van der Waals surface area contributed by atoms with Crippen LogP contribution in [0.3, 0.4) is 0 Å². The third-order valence-electron chi connectivity index (χ3n) is 2.97. The number of rotatable bonds is 4. The van der Waals surface area contributed by atoms with Crippen LogP contribution in [0.25, 0.3) is 10.9 Å². The van der Waals surface area contributed by atoms with Crippen LogP contribution in [0, 0.1) is 6.92 Å². The van der Waals surface area contributed by atoms with Crippen molar-refractivity contribution in [2.24, 2.45) is 0 Å². The molecule has 2 rings (SSSR count). The van der Waals surface area contributed by atoms with Crippen molar-refractivity contribution in [2.45, 2.75) is 24.8 Å². The van der Waals surface area contributed by atoms with Crippen LogP contribution in [0.1, 0.15) is 12.1 Å². The molecule has 0 N–H and O–H groups in total. The molecule has 18 heavy (non-hydrogen) atoms. The minimum atomic E-state index is -3.74. The Morgan fingerprint density at radius 1 is 1.39 bits per heavy atom. The minimum Gasteiger partial charge on any atom is -0.343 e. The van der Waals surface area contributed by atoms with E-state index in [0.717, 1.165) is 11.9 Å². The second-order valence-corrected chi connectivity index (χ2v) is 6.60. The normalized spacial score (nSPS) is 11.9. The predicted octanol–water partition coefficient (Wildman–Crippen LogP) is 3.45. The Kier molecular flexibility index (Phi) is 3.50. The molecule has 0 aliphatic heterocycles. The maximum Gasteiger partial charge on any atom is 0.263 e. The quantitative estimate of drug-likeness (QED) is 0.637. The van der Waals surface area contributed by atoms with Crippen molar-refractivity contribution >= 4 is 30.6 Å². The smallest absolute Gasteiger partial charge is 0.263 e. The first-order valence-electron chi connectivity index (χ1n) is 5.60. The molecule has 2 aromatic rings. The van der Waals surface area contributed by atoms with Gasteiger partial charge in [0.15, 0.2) is 0 Å². The SMILES string of the molecule is C=CCCn1c(C)c(S(=O)(=O)Cl)c2ccccc21. The minimum absolute atomic E-state index is 0.212. The Hall–Kier alpha value is -1.26. The van der Waals surface area contributed by atoms with Gasteiger partial charge in [0.05, 0.1) is 0 Å². The van der Waals surface area contributed by atoms with Crippen molar-refractivity contribution in [3.8, 4) is 0 Å². The number of allylic oxidation sites excluding steroid dienone is 1. The van der Waals surface area contributed by atoms with E-state index in [0.29, 0.717) is 17.6 Å². The lowest BCUT2D eigenvalue weighted by molar-refractivity contribution is 0.608. The van der Waals surface area contributed by atoms with Crippen molar-refractivity contribution < 1.29 is 8.42 Å². The molecule has 5 heteroatoms. The second-order valence-electron chi connectivity index (χ2n) is 4.10. The highest BCUT2D eigenvalue weighted by atomic mass is 35.7. The van der Waals surface area contributed by atoms with Crippen LogP contribution in [0.2, 0.25) is 0 Å². The Morgan fingerprint density at radius 2 is 2.06 bits per heavy atom. The number of para-hydroxylation sites is 1. The third kappa shape index (κ3) is 2.18. The average Bonchev–Trinajstić information content (AvgIpc) is 2.58. The second kappa shape index (κ2) is 4.78. The van der Waals surface area contributed by atoms with E-state index in [1.807, 2.05) is 28.8 Å². The maximum atomic E-state index is 11.7. The Balaban J connectivity index is 2.79. The van der Waals surface area contributed by atoms with E-state index in [-0.39, 0.29) is 4.90 Å². The summed E-state index contributed by atoms with van der Waals surface area (Å²) in [5.74, 6) is 0. The van der Waals surface area contributed by atoms with Crippen LogP contribution in [-0.2, 0) is 15.6 Å². The van der Waals surface area contributed by atoms with Crippen LogP contribution in [-0.4, -0.2) is 13.0 Å². The van der Waals surface area contributed by atoms with Crippen molar-refractivity contribution in [2.75, 3.05) is 0 Å². The van der Waals surface area contributed by atoms with Gasteiger partial charge in [-0.1, -0.05) is 24.3 Å². The lowest BCUT2D eigenvalue weighted by Crippen LogP contribution is -2.01. The number of aromatic nitrogens is 1. The summed E-state index contributed by atoms with van der Waals surface area (Å²) < 4.78 is 25.3. The summed E-state index contributed by atoms with van der Waals surface area (Å²) in [6, 6.07) is 7.38. The Labute approximate surface area is 111 Å². The molecule has 0 atom stereocenters. The highest BCUT2D eigenvalue weighted by Crippen LogP contribution is 2.32. The van der Waals surface area contributed by atoms with Gasteiger partial charge in [-0.25, -0.2) is 8.42 Å². The molecule has 1 aromatic carbocycles. The average molecular weight is 284 g/mol. The number of halogens is 1. The zero-order valence-corrected chi connectivity index (χ0v) is 11.6. The van der Waals surface area contributed by atoms with Crippen molar-refractivity contribution in [1.29, 1.82) is 0 Å². The molecule has 0 amide bonds. The van der Waals surface area contributed by atoms with Crippen LogP contribution in [0.15, 0.2) is 41.8 Å². The van der Waals surface area contributed by atoms with Gasteiger partial charge in [-0.2, -0.15) is 0 Å². The number of hydrogen-bond donors (Lipinski definition) is 0. The molecule has 0 aliphatic carbocycles. The maximum absolute atomic E-state index is 11.7. The summed E-state index contributed by atoms with van der Waals surface area (Å²) in [6.45, 7) is 6.16. The van der Waals surface area contributed by atoms with Gasteiger partial charge in [-0.05, 0) is 19.4 Å². The number of benzene rings is 1. The largest absolute Gasteiger partial charge is 0.343 e. The fourth-order valence-corrected chi connectivity index (χ4v) is 3.70. The topological polar surface area (TPSA) is 39.1 Å². The van der Waals surface area contributed by atoms with Gasteiger partial charge < -0.3 is 4.57 Å². The number of fused-ring (bicyclic) bond motifs is 1. The van der Waals surface area contributed by atoms with Gasteiger partial charge in [0.25, 0.3) is 9.05 Å². The monoisotopic (exact) mass is 283 g/mol. The summed E-state index contributed by atoms with van der Waals surface area (Å²) in [5, 5.41) is 0.675. The van der Waals surface area contributed by atoms with Crippen LogP contribution in [0.4, 0.5) is 0 Å². The van der Waals surface area contributed by atoms with E-state index < -0.39 is 9.05 Å². The summed E-state index contributed by atoms with van der Waals surface area (Å²) in [5.41, 5.74) is 1.56. The molecule has 0 aliphatic rings. The highest BCUT2D eigenvalue weighted by molar-refractivity contribution is 8.14. The van der Waals surface area contributed by atoms with E-state index in [9.17, 15) is 8.42 Å². The van der Waals surface area contributed by atoms with Crippen LogP contribution >= 0.6 is 10.7 Å². The Bertz CT molecular complexity index is 701. The molecule has 1 heterocycles. The van der Waals surface area contributed by atoms with Gasteiger partial charge in [-0.3, -0.25) is 0 Å². The molecule has 96 valence electrons. The zero-order chi connectivity index (χ0) is 13.3. The summed E-state index contributed by atoms with van der Waals surface area (Å²) in [4.78, 5) is 0.212. The van der Waals surface area contributed by atoms with Gasteiger partial charge in [-0.15, -0.1) is 6.58 Å². The zero-order valence-electron chi connectivity index (χ0n) is 10.1. The highest BCUT2D eigenvalue weighted by Gasteiger charge is 2.22. The molecule has 0 saturated heterocycles. The summed E-state index contributed by atoms with van der Waals surface area (Å²) in [6.07, 6.45) is 2.59. The molecule has 0 radical (unpaired) electrons. The van der Waals surface area contributed by atoms with E-state index in [4.69, 9.17) is 10.7 Å². The molecule has 0 spiro atoms. The third-order valence-corrected chi connectivity index (χ3v) is 4.44. The molecule has 0 fully saturated rings. The van der Waals surface area contributed by atoms with Gasteiger partial charge in [0.2, 0.25) is 0 Å². The van der Waals surface area contributed by atoms with Crippen molar-refractivity contribution in [3.05, 3.63) is 42.6 Å². The van der Waals surface area contributed by atoms with E-state index in [1.54, 1.807) is 13.0 Å². The molecule has 3 nitrogen and oxygen atoms in total. The number of hydrogen-bond acceptors (Lipinski definition) is 2. The van der Waals surface area contributed by atoms with E-state index in [1.165, 1.54) is 0 Å². The summed E-state index contributed by atoms with van der Waals surface area (Å²) >= 11 is 0. The number of aryl methyl sites for hydroxylation is 1. The lowest BCUT2D eigenvalue weighted by Gasteiger charge is -2.06. The molecular formula is C13H14ClNO2S. The molecule has 0 unspecified atom stereocenters. The molecule has 1 aromatic heterocycles.